The van der Waals surface area contributed by atoms with Crippen LogP contribution in [0.3, 0.4) is 0 Å². The van der Waals surface area contributed by atoms with Crippen LogP contribution in [0.1, 0.15) is 32.9 Å². The van der Waals surface area contributed by atoms with Crippen molar-refractivity contribution < 1.29 is 14.2 Å². The first kappa shape index (κ1) is 22.1. The normalized spacial score (nSPS) is 13.9. The number of hydrogen-bond acceptors (Lipinski definition) is 5. The highest BCUT2D eigenvalue weighted by atomic mass is 127. The number of rotatable bonds is 4. The highest BCUT2D eigenvalue weighted by molar-refractivity contribution is 14.0. The summed E-state index contributed by atoms with van der Waals surface area (Å²) in [5, 5.41) is 3.07. The first-order valence-corrected chi connectivity index (χ1v) is 9.01. The zero-order valence-electron chi connectivity index (χ0n) is 16.4. The van der Waals surface area contributed by atoms with Gasteiger partial charge in [0.1, 0.15) is 5.60 Å². The zero-order chi connectivity index (χ0) is 19.3. The molecule has 0 aliphatic carbocycles. The minimum atomic E-state index is -0.299. The van der Waals surface area contributed by atoms with E-state index in [1.54, 1.807) is 0 Å². The van der Waals surface area contributed by atoms with E-state index in [-0.39, 0.29) is 29.6 Å². The lowest BCUT2D eigenvalue weighted by Gasteiger charge is -2.20. The number of guanidine groups is 1. The Morgan fingerprint density at radius 2 is 1.93 bits per heavy atom. The summed E-state index contributed by atoms with van der Waals surface area (Å²) in [6.45, 7) is 7.60. The van der Waals surface area contributed by atoms with E-state index in [9.17, 15) is 0 Å². The molecule has 8 heteroatoms. The monoisotopic (exact) mass is 498 g/mol. The largest absolute Gasteiger partial charge is 0.490 e. The molecule has 0 radical (unpaired) electrons. The van der Waals surface area contributed by atoms with Gasteiger partial charge in [0.25, 0.3) is 0 Å². The van der Waals surface area contributed by atoms with Crippen LogP contribution in [-0.2, 0) is 6.54 Å². The minimum absolute atomic E-state index is 0. The molecule has 0 amide bonds. The van der Waals surface area contributed by atoms with Crippen LogP contribution in [0, 0.1) is 0 Å². The van der Waals surface area contributed by atoms with Gasteiger partial charge in [-0.25, -0.2) is 9.98 Å². The summed E-state index contributed by atoms with van der Waals surface area (Å²) in [6.07, 6.45) is 0.867. The van der Waals surface area contributed by atoms with Crippen LogP contribution < -0.4 is 25.3 Å². The number of pyridine rings is 1. The van der Waals surface area contributed by atoms with E-state index in [1.807, 2.05) is 57.2 Å². The summed E-state index contributed by atoms with van der Waals surface area (Å²) < 4.78 is 17.1. The molecule has 2 heterocycles. The van der Waals surface area contributed by atoms with Gasteiger partial charge in [-0.3, -0.25) is 0 Å². The molecule has 1 aromatic heterocycles. The Labute approximate surface area is 182 Å². The number of nitrogens with zero attached hydrogens (tertiary/aromatic N) is 2. The molecule has 0 bridgehead atoms. The number of aliphatic imine (C=N–C) groups is 1. The maximum Gasteiger partial charge on any atom is 0.214 e. The van der Waals surface area contributed by atoms with E-state index >= 15 is 0 Å². The fraction of sp³-hybridized carbons (Fsp3) is 0.400. The van der Waals surface area contributed by atoms with Gasteiger partial charge in [-0.2, -0.15) is 0 Å². The summed E-state index contributed by atoms with van der Waals surface area (Å²) >= 11 is 0. The molecular formula is C20H27IN4O3. The Morgan fingerprint density at radius 3 is 2.68 bits per heavy atom. The molecule has 0 fully saturated rings. The molecule has 0 spiro atoms. The van der Waals surface area contributed by atoms with Crippen LogP contribution in [0.4, 0.5) is 5.69 Å². The van der Waals surface area contributed by atoms with Crippen LogP contribution in [-0.4, -0.2) is 29.8 Å². The van der Waals surface area contributed by atoms with Crippen molar-refractivity contribution in [1.82, 2.24) is 4.98 Å². The second-order valence-electron chi connectivity index (χ2n) is 7.22. The van der Waals surface area contributed by atoms with Crippen molar-refractivity contribution >= 4 is 35.6 Å². The lowest BCUT2D eigenvalue weighted by atomic mass is 10.2. The Bertz CT molecular complexity index is 821. The molecule has 0 unspecified atom stereocenters. The standard InChI is InChI=1S/C20H26N4O3.HI/c1-20(2,3)27-18-7-4-6-15(23-18)13-22-19(21)24-14-8-9-16-17(12-14)26-11-5-10-25-16;/h4,6-9,12H,5,10-11,13H2,1-3H3,(H3,21,22,24);1H. The van der Waals surface area contributed by atoms with Crippen molar-refractivity contribution in [3.63, 3.8) is 0 Å². The number of fused-ring (bicyclic) bond motifs is 1. The lowest BCUT2D eigenvalue weighted by Crippen LogP contribution is -2.24. The van der Waals surface area contributed by atoms with Gasteiger partial charge >= 0.3 is 0 Å². The SMILES string of the molecule is CC(C)(C)Oc1cccc(CN=C(N)Nc2ccc3c(c2)OCCCO3)n1.I. The first-order valence-electron chi connectivity index (χ1n) is 9.01. The van der Waals surface area contributed by atoms with E-state index in [0.29, 0.717) is 37.3 Å². The molecule has 0 atom stereocenters. The number of nitrogens with two attached hydrogens (primary N) is 1. The summed E-state index contributed by atoms with van der Waals surface area (Å²) in [6, 6.07) is 11.2. The Morgan fingerprint density at radius 1 is 1.18 bits per heavy atom. The van der Waals surface area contributed by atoms with Crippen LogP contribution >= 0.6 is 24.0 Å². The summed E-state index contributed by atoms with van der Waals surface area (Å²) in [5.41, 5.74) is 7.28. The molecule has 3 rings (SSSR count). The average Bonchev–Trinajstić information content (AvgIpc) is 2.84. The third kappa shape index (κ3) is 6.74. The van der Waals surface area contributed by atoms with Crippen molar-refractivity contribution in [3.05, 3.63) is 42.1 Å². The highest BCUT2D eigenvalue weighted by Gasteiger charge is 2.13. The number of anilines is 1. The van der Waals surface area contributed by atoms with Crippen LogP contribution in [0.25, 0.3) is 0 Å². The zero-order valence-corrected chi connectivity index (χ0v) is 18.7. The molecule has 0 saturated carbocycles. The van der Waals surface area contributed by atoms with Crippen molar-refractivity contribution in [2.75, 3.05) is 18.5 Å². The number of halogens is 1. The summed E-state index contributed by atoms with van der Waals surface area (Å²) in [5.74, 6) is 2.32. The number of benzene rings is 1. The molecule has 7 nitrogen and oxygen atoms in total. The number of hydrogen-bond donors (Lipinski definition) is 2. The average molecular weight is 498 g/mol. The topological polar surface area (TPSA) is 91.0 Å². The predicted molar refractivity (Wildman–Crippen MR) is 121 cm³/mol. The van der Waals surface area contributed by atoms with Gasteiger partial charge in [0.2, 0.25) is 5.88 Å². The van der Waals surface area contributed by atoms with Gasteiger partial charge in [0.15, 0.2) is 17.5 Å². The molecule has 152 valence electrons. The Kier molecular flexibility index (Phi) is 7.73. The molecule has 2 aromatic rings. The molecule has 3 N–H and O–H groups in total. The third-order valence-electron chi connectivity index (χ3n) is 3.62. The number of aromatic nitrogens is 1. The molecule has 1 aromatic carbocycles. The maximum atomic E-state index is 6.01. The van der Waals surface area contributed by atoms with Crippen molar-refractivity contribution in [2.45, 2.75) is 39.3 Å². The highest BCUT2D eigenvalue weighted by Crippen LogP contribution is 2.32. The lowest BCUT2D eigenvalue weighted by molar-refractivity contribution is 0.124. The van der Waals surface area contributed by atoms with E-state index in [2.05, 4.69) is 15.3 Å². The van der Waals surface area contributed by atoms with Gasteiger partial charge in [-0.15, -0.1) is 24.0 Å². The van der Waals surface area contributed by atoms with Crippen LogP contribution in [0.5, 0.6) is 17.4 Å². The predicted octanol–water partition coefficient (Wildman–Crippen LogP) is 3.97. The van der Waals surface area contributed by atoms with Crippen molar-refractivity contribution in [3.8, 4) is 17.4 Å². The number of nitrogens with one attached hydrogen (secondary N) is 1. The second-order valence-corrected chi connectivity index (χ2v) is 7.22. The van der Waals surface area contributed by atoms with Crippen LogP contribution in [0.2, 0.25) is 0 Å². The molecule has 1 aliphatic heterocycles. The van der Waals surface area contributed by atoms with E-state index in [4.69, 9.17) is 19.9 Å². The van der Waals surface area contributed by atoms with E-state index in [0.717, 1.165) is 23.6 Å². The fourth-order valence-corrected chi connectivity index (χ4v) is 2.51. The van der Waals surface area contributed by atoms with Gasteiger partial charge in [0.05, 0.1) is 25.5 Å². The minimum Gasteiger partial charge on any atom is -0.490 e. The molecule has 0 saturated heterocycles. The fourth-order valence-electron chi connectivity index (χ4n) is 2.51. The Balaban J connectivity index is 0.00000280. The first-order chi connectivity index (χ1) is 12.9. The van der Waals surface area contributed by atoms with Gasteiger partial charge in [-0.1, -0.05) is 6.07 Å². The smallest absolute Gasteiger partial charge is 0.214 e. The van der Waals surface area contributed by atoms with E-state index in [1.165, 1.54) is 0 Å². The molecule has 28 heavy (non-hydrogen) atoms. The second kappa shape index (κ2) is 9.81. The van der Waals surface area contributed by atoms with E-state index < -0.39 is 0 Å². The van der Waals surface area contributed by atoms with Crippen LogP contribution in [0.15, 0.2) is 41.4 Å². The Hall–Kier alpha value is -2.23. The molecular weight excluding hydrogens is 471 g/mol. The summed E-state index contributed by atoms with van der Waals surface area (Å²) in [4.78, 5) is 8.81. The van der Waals surface area contributed by atoms with Gasteiger partial charge in [0, 0.05) is 24.2 Å². The quantitative estimate of drug-likeness (QED) is 0.377. The number of ether oxygens (including phenoxy) is 3. The van der Waals surface area contributed by atoms with Gasteiger partial charge in [-0.05, 0) is 39.0 Å². The van der Waals surface area contributed by atoms with Crippen molar-refractivity contribution in [2.24, 2.45) is 10.7 Å². The van der Waals surface area contributed by atoms with Gasteiger partial charge < -0.3 is 25.3 Å². The summed E-state index contributed by atoms with van der Waals surface area (Å²) in [7, 11) is 0. The molecule has 1 aliphatic rings. The van der Waals surface area contributed by atoms with Crippen molar-refractivity contribution in [1.29, 1.82) is 0 Å². The third-order valence-corrected chi connectivity index (χ3v) is 3.62. The maximum absolute atomic E-state index is 6.01.